The highest BCUT2D eigenvalue weighted by molar-refractivity contribution is 4.89. The van der Waals surface area contributed by atoms with E-state index in [1.54, 1.807) is 0 Å². The molecule has 0 spiro atoms. The summed E-state index contributed by atoms with van der Waals surface area (Å²) in [6, 6.07) is 0. The van der Waals surface area contributed by atoms with E-state index in [9.17, 15) is 0 Å². The molecule has 0 radical (unpaired) electrons. The minimum Gasteiger partial charge on any atom is -0.329 e. The van der Waals surface area contributed by atoms with Crippen molar-refractivity contribution >= 4 is 0 Å². The Morgan fingerprint density at radius 2 is 2.00 bits per heavy atom. The van der Waals surface area contributed by atoms with Crippen molar-refractivity contribution in [2.45, 2.75) is 52.0 Å². The summed E-state index contributed by atoms with van der Waals surface area (Å²) >= 11 is 0. The van der Waals surface area contributed by atoms with Crippen molar-refractivity contribution in [1.82, 2.24) is 4.90 Å². The third kappa shape index (κ3) is 2.96. The van der Waals surface area contributed by atoms with Gasteiger partial charge in [0.05, 0.1) is 0 Å². The predicted molar refractivity (Wildman–Crippen MR) is 62.3 cm³/mol. The van der Waals surface area contributed by atoms with Crippen LogP contribution in [0.3, 0.4) is 0 Å². The van der Waals surface area contributed by atoms with E-state index in [1.807, 2.05) is 0 Å². The third-order valence-corrected chi connectivity index (χ3v) is 3.63. The van der Waals surface area contributed by atoms with Crippen LogP contribution in [0.1, 0.15) is 46.5 Å². The zero-order valence-electron chi connectivity index (χ0n) is 10.1. The number of hydrogen-bond donors (Lipinski definition) is 1. The van der Waals surface area contributed by atoms with Gasteiger partial charge in [0, 0.05) is 18.6 Å². The van der Waals surface area contributed by atoms with Gasteiger partial charge in [-0.15, -0.1) is 0 Å². The summed E-state index contributed by atoms with van der Waals surface area (Å²) in [5, 5.41) is 0. The first-order chi connectivity index (χ1) is 6.66. The summed E-state index contributed by atoms with van der Waals surface area (Å²) in [6.07, 6.45) is 5.27. The summed E-state index contributed by atoms with van der Waals surface area (Å²) in [5.41, 5.74) is 6.14. The summed E-state index contributed by atoms with van der Waals surface area (Å²) in [6.45, 7) is 10.1. The van der Waals surface area contributed by atoms with E-state index >= 15 is 0 Å². The minimum absolute atomic E-state index is 0.235. The fourth-order valence-electron chi connectivity index (χ4n) is 1.96. The van der Waals surface area contributed by atoms with Crippen LogP contribution in [0.5, 0.6) is 0 Å². The van der Waals surface area contributed by atoms with Gasteiger partial charge in [-0.3, -0.25) is 4.90 Å². The van der Waals surface area contributed by atoms with Crippen molar-refractivity contribution < 1.29 is 0 Å². The maximum absolute atomic E-state index is 5.90. The second-order valence-electron chi connectivity index (χ2n) is 4.94. The van der Waals surface area contributed by atoms with E-state index < -0.39 is 0 Å². The first kappa shape index (κ1) is 12.0. The SMILES string of the molecule is CCCN(CC1CC1)C(C)(CC)CN. The maximum atomic E-state index is 5.90. The van der Waals surface area contributed by atoms with Gasteiger partial charge in [-0.1, -0.05) is 13.8 Å². The Kier molecular flexibility index (Phi) is 4.39. The number of nitrogens with two attached hydrogens (primary N) is 1. The standard InChI is InChI=1S/C12H26N2/c1-4-8-14(9-11-6-7-11)12(3,5-2)10-13/h11H,4-10,13H2,1-3H3. The molecule has 0 heterocycles. The minimum atomic E-state index is 0.235. The van der Waals surface area contributed by atoms with Crippen LogP contribution in [0.2, 0.25) is 0 Å². The third-order valence-electron chi connectivity index (χ3n) is 3.63. The van der Waals surface area contributed by atoms with Crippen molar-refractivity contribution in [1.29, 1.82) is 0 Å². The van der Waals surface area contributed by atoms with Gasteiger partial charge in [0.2, 0.25) is 0 Å². The average molecular weight is 198 g/mol. The van der Waals surface area contributed by atoms with Crippen LogP contribution < -0.4 is 5.73 Å². The zero-order valence-corrected chi connectivity index (χ0v) is 10.1. The van der Waals surface area contributed by atoms with Crippen molar-refractivity contribution in [3.05, 3.63) is 0 Å². The fourth-order valence-corrected chi connectivity index (χ4v) is 1.96. The molecule has 1 saturated carbocycles. The molecular weight excluding hydrogens is 172 g/mol. The van der Waals surface area contributed by atoms with E-state index in [-0.39, 0.29) is 5.54 Å². The lowest BCUT2D eigenvalue weighted by molar-refractivity contribution is 0.0999. The highest BCUT2D eigenvalue weighted by Crippen LogP contribution is 2.32. The molecule has 2 heteroatoms. The zero-order chi connectivity index (χ0) is 10.6. The predicted octanol–water partition coefficient (Wildman–Crippen LogP) is 2.24. The number of rotatable bonds is 7. The first-order valence-corrected chi connectivity index (χ1v) is 6.11. The fraction of sp³-hybridized carbons (Fsp3) is 1.00. The van der Waals surface area contributed by atoms with Crippen LogP contribution in [-0.2, 0) is 0 Å². The molecule has 1 rings (SSSR count). The van der Waals surface area contributed by atoms with Gasteiger partial charge in [-0.05, 0) is 45.1 Å². The molecule has 0 aromatic rings. The van der Waals surface area contributed by atoms with Crippen LogP contribution in [0, 0.1) is 5.92 Å². The van der Waals surface area contributed by atoms with Crippen molar-refractivity contribution in [2.24, 2.45) is 11.7 Å². The lowest BCUT2D eigenvalue weighted by Crippen LogP contribution is -2.52. The molecule has 14 heavy (non-hydrogen) atoms. The van der Waals surface area contributed by atoms with E-state index in [0.29, 0.717) is 0 Å². The quantitative estimate of drug-likeness (QED) is 0.680. The molecule has 2 N–H and O–H groups in total. The van der Waals surface area contributed by atoms with Crippen LogP contribution in [0.25, 0.3) is 0 Å². The van der Waals surface area contributed by atoms with Crippen LogP contribution in [0.4, 0.5) is 0 Å². The summed E-state index contributed by atoms with van der Waals surface area (Å²) in [5.74, 6) is 0.971. The highest BCUT2D eigenvalue weighted by atomic mass is 15.2. The molecule has 0 aliphatic heterocycles. The smallest absolute Gasteiger partial charge is 0.0301 e. The molecule has 0 saturated heterocycles. The normalized spacial score (nSPS) is 21.2. The van der Waals surface area contributed by atoms with Gasteiger partial charge in [0.15, 0.2) is 0 Å². The topological polar surface area (TPSA) is 29.3 Å². The highest BCUT2D eigenvalue weighted by Gasteiger charge is 2.32. The Bertz CT molecular complexity index is 160. The molecule has 0 aromatic carbocycles. The van der Waals surface area contributed by atoms with Gasteiger partial charge in [-0.25, -0.2) is 0 Å². The van der Waals surface area contributed by atoms with Gasteiger partial charge in [0.1, 0.15) is 0 Å². The van der Waals surface area contributed by atoms with Crippen molar-refractivity contribution in [2.75, 3.05) is 19.6 Å². The largest absolute Gasteiger partial charge is 0.329 e. The molecule has 1 atom stereocenters. The average Bonchev–Trinajstić information content (AvgIpc) is 3.00. The van der Waals surface area contributed by atoms with E-state index in [4.69, 9.17) is 5.73 Å². The lowest BCUT2D eigenvalue weighted by atomic mass is 9.95. The second kappa shape index (κ2) is 5.13. The van der Waals surface area contributed by atoms with Crippen LogP contribution >= 0.6 is 0 Å². The Morgan fingerprint density at radius 1 is 1.36 bits per heavy atom. The second-order valence-corrected chi connectivity index (χ2v) is 4.94. The number of hydrogen-bond acceptors (Lipinski definition) is 2. The molecule has 0 amide bonds. The van der Waals surface area contributed by atoms with Gasteiger partial charge < -0.3 is 5.73 Å². The van der Waals surface area contributed by atoms with Crippen molar-refractivity contribution in [3.8, 4) is 0 Å². The molecular formula is C12H26N2. The van der Waals surface area contributed by atoms with Gasteiger partial charge in [0.25, 0.3) is 0 Å². The molecule has 1 aliphatic rings. The summed E-state index contributed by atoms with van der Waals surface area (Å²) < 4.78 is 0. The summed E-state index contributed by atoms with van der Waals surface area (Å²) in [4.78, 5) is 2.62. The Labute approximate surface area is 88.8 Å². The Balaban J connectivity index is 2.52. The maximum Gasteiger partial charge on any atom is 0.0301 e. The van der Waals surface area contributed by atoms with Crippen LogP contribution in [0.15, 0.2) is 0 Å². The van der Waals surface area contributed by atoms with Crippen molar-refractivity contribution in [3.63, 3.8) is 0 Å². The van der Waals surface area contributed by atoms with Gasteiger partial charge >= 0.3 is 0 Å². The van der Waals surface area contributed by atoms with E-state index in [2.05, 4.69) is 25.7 Å². The summed E-state index contributed by atoms with van der Waals surface area (Å²) in [7, 11) is 0. The monoisotopic (exact) mass is 198 g/mol. The molecule has 84 valence electrons. The molecule has 1 unspecified atom stereocenters. The van der Waals surface area contributed by atoms with Crippen LogP contribution in [-0.4, -0.2) is 30.1 Å². The van der Waals surface area contributed by atoms with Gasteiger partial charge in [-0.2, -0.15) is 0 Å². The molecule has 2 nitrogen and oxygen atoms in total. The van der Waals surface area contributed by atoms with E-state index in [0.717, 1.165) is 18.9 Å². The Hall–Kier alpha value is -0.0800. The molecule has 1 aliphatic carbocycles. The Morgan fingerprint density at radius 3 is 2.36 bits per heavy atom. The lowest BCUT2D eigenvalue weighted by Gasteiger charge is -2.40. The molecule has 0 bridgehead atoms. The number of nitrogens with zero attached hydrogens (tertiary/aromatic N) is 1. The first-order valence-electron chi connectivity index (χ1n) is 6.11. The molecule has 0 aromatic heterocycles. The van der Waals surface area contributed by atoms with E-state index in [1.165, 1.54) is 32.4 Å². The molecule has 1 fully saturated rings.